The first-order valence-corrected chi connectivity index (χ1v) is 6.26. The summed E-state index contributed by atoms with van der Waals surface area (Å²) in [6.07, 6.45) is 1.59. The molecule has 2 N–H and O–H groups in total. The predicted octanol–water partition coefficient (Wildman–Crippen LogP) is 2.60. The molecular formula is C14H17N3O2. The molecule has 100 valence electrons. The Morgan fingerprint density at radius 1 is 1.37 bits per heavy atom. The van der Waals surface area contributed by atoms with Gasteiger partial charge in [0.05, 0.1) is 12.3 Å². The maximum atomic E-state index is 12.1. The highest BCUT2D eigenvalue weighted by molar-refractivity contribution is 5.92. The third-order valence-corrected chi connectivity index (χ3v) is 2.66. The molecule has 2 aromatic heterocycles. The second kappa shape index (κ2) is 6.04. The van der Waals surface area contributed by atoms with Crippen molar-refractivity contribution < 1.29 is 9.21 Å². The molecule has 1 atom stereocenters. The molecule has 19 heavy (non-hydrogen) atoms. The van der Waals surface area contributed by atoms with Gasteiger partial charge in [-0.15, -0.1) is 0 Å². The molecule has 0 aromatic carbocycles. The molecule has 5 heteroatoms. The molecule has 0 fully saturated rings. The molecule has 0 spiro atoms. The summed E-state index contributed by atoms with van der Waals surface area (Å²) in [4.78, 5) is 16.3. The lowest BCUT2D eigenvalue weighted by Crippen LogP contribution is -2.27. The number of nitrogens with zero attached hydrogens (tertiary/aromatic N) is 1. The Morgan fingerprint density at radius 2 is 2.21 bits per heavy atom. The Morgan fingerprint density at radius 3 is 2.89 bits per heavy atom. The number of carbonyl (C=O) groups is 1. The zero-order valence-corrected chi connectivity index (χ0v) is 11.0. The maximum Gasteiger partial charge on any atom is 0.270 e. The third kappa shape index (κ3) is 3.34. The van der Waals surface area contributed by atoms with E-state index in [1.165, 1.54) is 0 Å². The number of furan rings is 1. The highest BCUT2D eigenvalue weighted by Gasteiger charge is 2.14. The van der Waals surface area contributed by atoms with Crippen LogP contribution in [-0.2, 0) is 0 Å². The van der Waals surface area contributed by atoms with Gasteiger partial charge in [0.25, 0.3) is 5.91 Å². The molecule has 0 saturated carbocycles. The number of anilines is 1. The number of amides is 1. The fourth-order valence-corrected chi connectivity index (χ4v) is 1.72. The Kier molecular flexibility index (Phi) is 4.18. The van der Waals surface area contributed by atoms with Gasteiger partial charge in [-0.25, -0.2) is 4.98 Å². The highest BCUT2D eigenvalue weighted by Crippen LogP contribution is 2.13. The average molecular weight is 259 g/mol. The first kappa shape index (κ1) is 13.1. The normalized spacial score (nSPS) is 11.9. The van der Waals surface area contributed by atoms with E-state index in [-0.39, 0.29) is 11.9 Å². The molecule has 2 aromatic rings. The van der Waals surface area contributed by atoms with Gasteiger partial charge in [-0.05, 0) is 38.1 Å². The van der Waals surface area contributed by atoms with Crippen molar-refractivity contribution in [2.45, 2.75) is 19.9 Å². The molecule has 0 aliphatic heterocycles. The Hall–Kier alpha value is -2.30. The summed E-state index contributed by atoms with van der Waals surface area (Å²) in [5.74, 6) is 1.20. The number of aromatic nitrogens is 1. The zero-order chi connectivity index (χ0) is 13.7. The minimum Gasteiger partial charge on any atom is -0.467 e. The zero-order valence-electron chi connectivity index (χ0n) is 11.0. The fraction of sp³-hybridized carbons (Fsp3) is 0.286. The Labute approximate surface area is 112 Å². The van der Waals surface area contributed by atoms with Crippen molar-refractivity contribution >= 4 is 11.7 Å². The second-order valence-corrected chi connectivity index (χ2v) is 4.15. The molecule has 5 nitrogen and oxygen atoms in total. The van der Waals surface area contributed by atoms with E-state index in [9.17, 15) is 4.79 Å². The number of rotatable bonds is 5. The Bertz CT molecular complexity index is 537. The lowest BCUT2D eigenvalue weighted by molar-refractivity contribution is 0.0930. The number of carbonyl (C=O) groups excluding carboxylic acids is 1. The topological polar surface area (TPSA) is 67.2 Å². The van der Waals surface area contributed by atoms with Gasteiger partial charge < -0.3 is 15.1 Å². The summed E-state index contributed by atoms with van der Waals surface area (Å²) >= 11 is 0. The van der Waals surface area contributed by atoms with Crippen molar-refractivity contribution in [3.05, 3.63) is 48.0 Å². The lowest BCUT2D eigenvalue weighted by Gasteiger charge is -2.11. The molecule has 0 aliphatic rings. The SMILES string of the molecule is CCNc1cccc(C(=O)NC(C)c2ccco2)n1. The number of nitrogens with one attached hydrogen (secondary N) is 2. The van der Waals surface area contributed by atoms with E-state index in [0.29, 0.717) is 11.5 Å². The van der Waals surface area contributed by atoms with Crippen LogP contribution in [-0.4, -0.2) is 17.4 Å². The molecule has 1 amide bonds. The summed E-state index contributed by atoms with van der Waals surface area (Å²) < 4.78 is 5.25. The van der Waals surface area contributed by atoms with Crippen LogP contribution in [0.2, 0.25) is 0 Å². The van der Waals surface area contributed by atoms with E-state index in [2.05, 4.69) is 15.6 Å². The summed E-state index contributed by atoms with van der Waals surface area (Å²) in [6, 6.07) is 8.75. The third-order valence-electron chi connectivity index (χ3n) is 2.66. The maximum absolute atomic E-state index is 12.1. The number of pyridine rings is 1. The monoisotopic (exact) mass is 259 g/mol. The van der Waals surface area contributed by atoms with Crippen molar-refractivity contribution in [2.75, 3.05) is 11.9 Å². The van der Waals surface area contributed by atoms with Gasteiger partial charge in [-0.1, -0.05) is 6.07 Å². The van der Waals surface area contributed by atoms with Crippen LogP contribution in [0.15, 0.2) is 41.0 Å². The van der Waals surface area contributed by atoms with Gasteiger partial charge in [0, 0.05) is 6.54 Å². The number of hydrogen-bond donors (Lipinski definition) is 2. The van der Waals surface area contributed by atoms with Crippen molar-refractivity contribution in [1.82, 2.24) is 10.3 Å². The molecule has 1 unspecified atom stereocenters. The van der Waals surface area contributed by atoms with E-state index in [0.717, 1.165) is 12.3 Å². The van der Waals surface area contributed by atoms with E-state index >= 15 is 0 Å². The van der Waals surface area contributed by atoms with Gasteiger partial charge in [-0.3, -0.25) is 4.79 Å². The van der Waals surface area contributed by atoms with E-state index in [1.54, 1.807) is 24.5 Å². The second-order valence-electron chi connectivity index (χ2n) is 4.15. The van der Waals surface area contributed by atoms with Gasteiger partial charge >= 0.3 is 0 Å². The Balaban J connectivity index is 2.05. The highest BCUT2D eigenvalue weighted by atomic mass is 16.3. The van der Waals surface area contributed by atoms with Crippen molar-refractivity contribution in [3.8, 4) is 0 Å². The van der Waals surface area contributed by atoms with E-state index in [4.69, 9.17) is 4.42 Å². The molecule has 0 bridgehead atoms. The summed E-state index contributed by atoms with van der Waals surface area (Å²) in [6.45, 7) is 4.61. The van der Waals surface area contributed by atoms with Crippen LogP contribution >= 0.6 is 0 Å². The molecule has 0 aliphatic carbocycles. The molecule has 0 radical (unpaired) electrons. The van der Waals surface area contributed by atoms with Crippen LogP contribution in [0.1, 0.15) is 36.1 Å². The smallest absolute Gasteiger partial charge is 0.270 e. The van der Waals surface area contributed by atoms with Crippen LogP contribution in [0, 0.1) is 0 Å². The fourth-order valence-electron chi connectivity index (χ4n) is 1.72. The van der Waals surface area contributed by atoms with Gasteiger partial charge in [-0.2, -0.15) is 0 Å². The molecular weight excluding hydrogens is 242 g/mol. The first-order valence-electron chi connectivity index (χ1n) is 6.26. The van der Waals surface area contributed by atoms with Gasteiger partial charge in [0.2, 0.25) is 0 Å². The summed E-state index contributed by atoms with van der Waals surface area (Å²) in [7, 11) is 0. The van der Waals surface area contributed by atoms with Crippen molar-refractivity contribution in [1.29, 1.82) is 0 Å². The lowest BCUT2D eigenvalue weighted by atomic mass is 10.2. The van der Waals surface area contributed by atoms with Gasteiger partial charge in [0.1, 0.15) is 17.3 Å². The average Bonchev–Trinajstić information content (AvgIpc) is 2.93. The summed E-state index contributed by atoms with van der Waals surface area (Å²) in [5, 5.41) is 5.92. The predicted molar refractivity (Wildman–Crippen MR) is 73.0 cm³/mol. The van der Waals surface area contributed by atoms with Crippen LogP contribution in [0.3, 0.4) is 0 Å². The number of hydrogen-bond acceptors (Lipinski definition) is 4. The van der Waals surface area contributed by atoms with E-state index < -0.39 is 0 Å². The van der Waals surface area contributed by atoms with Crippen molar-refractivity contribution in [2.24, 2.45) is 0 Å². The minimum atomic E-state index is -0.219. The quantitative estimate of drug-likeness (QED) is 0.866. The van der Waals surface area contributed by atoms with Crippen LogP contribution in [0.25, 0.3) is 0 Å². The van der Waals surface area contributed by atoms with Gasteiger partial charge in [0.15, 0.2) is 0 Å². The summed E-state index contributed by atoms with van der Waals surface area (Å²) in [5.41, 5.74) is 0.386. The molecule has 0 saturated heterocycles. The molecule has 2 heterocycles. The minimum absolute atomic E-state index is 0.188. The van der Waals surface area contributed by atoms with E-state index in [1.807, 2.05) is 26.0 Å². The first-order chi connectivity index (χ1) is 9.20. The van der Waals surface area contributed by atoms with Crippen LogP contribution < -0.4 is 10.6 Å². The largest absolute Gasteiger partial charge is 0.467 e. The van der Waals surface area contributed by atoms with Crippen LogP contribution in [0.4, 0.5) is 5.82 Å². The molecule has 2 rings (SSSR count). The van der Waals surface area contributed by atoms with Crippen LogP contribution in [0.5, 0.6) is 0 Å². The van der Waals surface area contributed by atoms with Crippen molar-refractivity contribution in [3.63, 3.8) is 0 Å². The standard InChI is InChI=1S/C14H17N3O2/c1-3-15-13-8-4-6-11(17-13)14(18)16-10(2)12-7-5-9-19-12/h4-10H,3H2,1-2H3,(H,15,17)(H,16,18).